The van der Waals surface area contributed by atoms with Gasteiger partial charge in [-0.2, -0.15) is 5.10 Å². The highest BCUT2D eigenvalue weighted by molar-refractivity contribution is 9.10. The van der Waals surface area contributed by atoms with Gasteiger partial charge < -0.3 is 5.73 Å². The fourth-order valence-electron chi connectivity index (χ4n) is 2.80. The molecule has 100 valence electrons. The minimum Gasteiger partial charge on any atom is -0.330 e. The molecule has 18 heavy (non-hydrogen) atoms. The van der Waals surface area contributed by atoms with Crippen LogP contribution in [0, 0.1) is 11.8 Å². The van der Waals surface area contributed by atoms with Crippen molar-refractivity contribution in [2.75, 3.05) is 6.54 Å². The maximum absolute atomic E-state index is 12.7. The second kappa shape index (κ2) is 5.53. The number of ketones is 1. The van der Waals surface area contributed by atoms with E-state index >= 15 is 0 Å². The van der Waals surface area contributed by atoms with E-state index in [2.05, 4.69) is 21.0 Å². The zero-order valence-electron chi connectivity index (χ0n) is 10.9. The first-order valence-electron chi connectivity index (χ1n) is 6.53. The van der Waals surface area contributed by atoms with Gasteiger partial charge in [0.05, 0.1) is 10.7 Å². The fraction of sp³-hybridized carbons (Fsp3) is 0.692. The monoisotopic (exact) mass is 313 g/mol. The first kappa shape index (κ1) is 13.7. The van der Waals surface area contributed by atoms with E-state index in [0.717, 1.165) is 23.7 Å². The molecule has 2 atom stereocenters. The van der Waals surface area contributed by atoms with Crippen molar-refractivity contribution in [2.24, 2.45) is 17.6 Å². The van der Waals surface area contributed by atoms with Crippen molar-refractivity contribution in [3.63, 3.8) is 0 Å². The van der Waals surface area contributed by atoms with Crippen molar-refractivity contribution in [3.8, 4) is 0 Å². The molecular weight excluding hydrogens is 294 g/mol. The molecule has 1 saturated carbocycles. The van der Waals surface area contributed by atoms with Gasteiger partial charge in [-0.05, 0) is 55.1 Å². The summed E-state index contributed by atoms with van der Waals surface area (Å²) in [5.41, 5.74) is 6.47. The second-order valence-corrected chi connectivity index (χ2v) is 6.13. The number of hydrogen-bond donors (Lipinski definition) is 1. The molecule has 5 heteroatoms. The lowest BCUT2D eigenvalue weighted by Crippen LogP contribution is -2.27. The van der Waals surface area contributed by atoms with Crippen LogP contribution in [0.1, 0.15) is 49.6 Å². The number of nitrogens with zero attached hydrogens (tertiary/aromatic N) is 2. The third-order valence-corrected chi connectivity index (χ3v) is 4.35. The van der Waals surface area contributed by atoms with Crippen LogP contribution in [-0.4, -0.2) is 22.1 Å². The number of carbonyl (C=O) groups excluding carboxylic acids is 1. The summed E-state index contributed by atoms with van der Waals surface area (Å²) in [5, 5.41) is 4.28. The Labute approximate surface area is 116 Å². The van der Waals surface area contributed by atoms with Crippen LogP contribution in [0.5, 0.6) is 0 Å². The lowest BCUT2D eigenvalue weighted by Gasteiger charge is -2.18. The Kier molecular flexibility index (Phi) is 4.22. The highest BCUT2D eigenvalue weighted by Gasteiger charge is 2.35. The Morgan fingerprint density at radius 2 is 2.33 bits per heavy atom. The van der Waals surface area contributed by atoms with E-state index in [9.17, 15) is 4.79 Å². The average Bonchev–Trinajstić information content (AvgIpc) is 2.93. The molecule has 2 N–H and O–H groups in total. The lowest BCUT2D eigenvalue weighted by atomic mass is 9.90. The van der Waals surface area contributed by atoms with Gasteiger partial charge in [-0.3, -0.25) is 9.48 Å². The van der Waals surface area contributed by atoms with Crippen LogP contribution >= 0.6 is 15.9 Å². The maximum atomic E-state index is 12.7. The summed E-state index contributed by atoms with van der Waals surface area (Å²) in [4.78, 5) is 12.7. The minimum absolute atomic E-state index is 0.0699. The SMILES string of the molecule is CC(C)n1ncc(Br)c1C(=O)C1CCCC1CN. The third-order valence-electron chi connectivity index (χ3n) is 3.77. The van der Waals surface area contributed by atoms with Gasteiger partial charge in [0.2, 0.25) is 0 Å². The molecule has 2 rings (SSSR count). The second-order valence-electron chi connectivity index (χ2n) is 5.28. The molecule has 1 aliphatic carbocycles. The average molecular weight is 314 g/mol. The summed E-state index contributed by atoms with van der Waals surface area (Å²) in [6, 6.07) is 0.188. The van der Waals surface area contributed by atoms with Crippen LogP contribution in [0.3, 0.4) is 0 Å². The van der Waals surface area contributed by atoms with Crippen molar-refractivity contribution in [3.05, 3.63) is 16.4 Å². The summed E-state index contributed by atoms with van der Waals surface area (Å²) >= 11 is 3.44. The van der Waals surface area contributed by atoms with E-state index in [4.69, 9.17) is 5.73 Å². The van der Waals surface area contributed by atoms with Crippen LogP contribution in [0.4, 0.5) is 0 Å². The molecule has 0 saturated heterocycles. The molecule has 0 amide bonds. The van der Waals surface area contributed by atoms with Gasteiger partial charge in [0.15, 0.2) is 5.78 Å². The molecule has 4 nitrogen and oxygen atoms in total. The summed E-state index contributed by atoms with van der Waals surface area (Å²) in [5.74, 6) is 0.599. The molecule has 0 aromatic carbocycles. The highest BCUT2D eigenvalue weighted by Crippen LogP contribution is 2.35. The molecule has 2 unspecified atom stereocenters. The number of aromatic nitrogens is 2. The third kappa shape index (κ3) is 2.38. The smallest absolute Gasteiger partial charge is 0.185 e. The van der Waals surface area contributed by atoms with Crippen molar-refractivity contribution in [1.29, 1.82) is 0 Å². The lowest BCUT2D eigenvalue weighted by molar-refractivity contribution is 0.0879. The van der Waals surface area contributed by atoms with Crippen LogP contribution in [0.25, 0.3) is 0 Å². The highest BCUT2D eigenvalue weighted by atomic mass is 79.9. The van der Waals surface area contributed by atoms with Crippen LogP contribution in [0.15, 0.2) is 10.7 Å². The summed E-state index contributed by atoms with van der Waals surface area (Å²) in [7, 11) is 0. The van der Waals surface area contributed by atoms with E-state index in [0.29, 0.717) is 18.2 Å². The molecule has 0 spiro atoms. The number of rotatable bonds is 4. The van der Waals surface area contributed by atoms with Crippen LogP contribution < -0.4 is 5.73 Å². The molecule has 1 fully saturated rings. The molecule has 1 aliphatic rings. The Morgan fingerprint density at radius 1 is 1.61 bits per heavy atom. The molecule has 0 aliphatic heterocycles. The van der Waals surface area contributed by atoms with Crippen molar-refractivity contribution >= 4 is 21.7 Å². The number of halogens is 1. The number of nitrogens with two attached hydrogens (primary N) is 1. The van der Waals surface area contributed by atoms with Gasteiger partial charge in [-0.25, -0.2) is 0 Å². The minimum atomic E-state index is 0.0699. The fourth-order valence-corrected chi connectivity index (χ4v) is 3.27. The van der Waals surface area contributed by atoms with Gasteiger partial charge in [-0.15, -0.1) is 0 Å². The van der Waals surface area contributed by atoms with Gasteiger partial charge in [-0.1, -0.05) is 6.42 Å². The molecule has 0 radical (unpaired) electrons. The van der Waals surface area contributed by atoms with E-state index in [-0.39, 0.29) is 17.7 Å². The Hall–Kier alpha value is -0.680. The largest absolute Gasteiger partial charge is 0.330 e. The predicted molar refractivity (Wildman–Crippen MR) is 74.5 cm³/mol. The quantitative estimate of drug-likeness (QED) is 0.869. The molecule has 1 aromatic rings. The van der Waals surface area contributed by atoms with Crippen molar-refractivity contribution in [1.82, 2.24) is 9.78 Å². The topological polar surface area (TPSA) is 60.9 Å². The van der Waals surface area contributed by atoms with Gasteiger partial charge >= 0.3 is 0 Å². The van der Waals surface area contributed by atoms with E-state index in [1.165, 1.54) is 0 Å². The van der Waals surface area contributed by atoms with E-state index in [1.807, 2.05) is 13.8 Å². The van der Waals surface area contributed by atoms with Gasteiger partial charge in [0.1, 0.15) is 5.69 Å². The standard InChI is InChI=1S/C13H20BrN3O/c1-8(2)17-12(11(14)7-16-17)13(18)10-5-3-4-9(10)6-15/h7-10H,3-6,15H2,1-2H3. The summed E-state index contributed by atoms with van der Waals surface area (Å²) in [6.07, 6.45) is 4.84. The first-order valence-corrected chi connectivity index (χ1v) is 7.32. The zero-order chi connectivity index (χ0) is 13.3. The predicted octanol–water partition coefficient (Wildman–Crippen LogP) is 2.78. The van der Waals surface area contributed by atoms with E-state index < -0.39 is 0 Å². The number of carbonyl (C=O) groups is 1. The van der Waals surface area contributed by atoms with Crippen LogP contribution in [-0.2, 0) is 0 Å². The Morgan fingerprint density at radius 3 is 2.94 bits per heavy atom. The number of hydrogen-bond acceptors (Lipinski definition) is 3. The molecule has 1 heterocycles. The molecular formula is C13H20BrN3O. The van der Waals surface area contributed by atoms with Crippen molar-refractivity contribution < 1.29 is 4.79 Å². The Balaban J connectivity index is 2.31. The maximum Gasteiger partial charge on any atom is 0.185 e. The summed E-state index contributed by atoms with van der Waals surface area (Å²) in [6.45, 7) is 4.67. The number of Topliss-reactive ketones (excluding diaryl/α,β-unsaturated/α-hetero) is 1. The zero-order valence-corrected chi connectivity index (χ0v) is 12.5. The van der Waals surface area contributed by atoms with Crippen molar-refractivity contribution in [2.45, 2.75) is 39.2 Å². The van der Waals surface area contributed by atoms with Crippen LogP contribution in [0.2, 0.25) is 0 Å². The first-order chi connectivity index (χ1) is 8.56. The Bertz CT molecular complexity index is 441. The summed E-state index contributed by atoms with van der Waals surface area (Å²) < 4.78 is 2.60. The van der Waals surface area contributed by atoms with Gasteiger partial charge in [0.25, 0.3) is 0 Å². The molecule has 0 bridgehead atoms. The van der Waals surface area contributed by atoms with E-state index in [1.54, 1.807) is 10.9 Å². The molecule has 1 aromatic heterocycles. The normalized spacial score (nSPS) is 23.8. The van der Waals surface area contributed by atoms with Gasteiger partial charge in [0, 0.05) is 12.0 Å².